The third kappa shape index (κ3) is 4.34. The summed E-state index contributed by atoms with van der Waals surface area (Å²) < 4.78 is 14.6. The minimum atomic E-state index is -0.578. The van der Waals surface area contributed by atoms with Crippen molar-refractivity contribution in [1.29, 1.82) is 0 Å². The van der Waals surface area contributed by atoms with Crippen LogP contribution in [-0.2, 0) is 4.74 Å². The van der Waals surface area contributed by atoms with Crippen LogP contribution in [-0.4, -0.2) is 59.8 Å². The number of aromatic nitrogens is 2. The molecule has 2 aromatic heterocycles. The molecule has 2 aromatic carbocycles. The molecule has 0 radical (unpaired) electrons. The zero-order valence-corrected chi connectivity index (χ0v) is 17.7. The van der Waals surface area contributed by atoms with Crippen LogP contribution in [0.3, 0.4) is 0 Å². The Kier molecular flexibility index (Phi) is 5.46. The van der Waals surface area contributed by atoms with E-state index in [0.717, 1.165) is 65.0 Å². The Bertz CT molecular complexity index is 1210. The highest BCUT2D eigenvalue weighted by Gasteiger charge is 2.13. The molecule has 0 unspecified atom stereocenters. The number of nitrogens with zero attached hydrogens (tertiary/aromatic N) is 3. The van der Waals surface area contributed by atoms with E-state index in [1.807, 2.05) is 36.5 Å². The zero-order valence-electron chi connectivity index (χ0n) is 16.9. The summed E-state index contributed by atoms with van der Waals surface area (Å²) >= 11 is 1.64. The largest absolute Gasteiger partial charge is 0.492 e. The first-order valence-corrected chi connectivity index (χ1v) is 11.0. The van der Waals surface area contributed by atoms with Crippen molar-refractivity contribution >= 4 is 38.2 Å². The molecule has 160 valence electrons. The Morgan fingerprint density at radius 1 is 1.19 bits per heavy atom. The van der Waals surface area contributed by atoms with Gasteiger partial charge in [0.25, 0.3) is 0 Å². The lowest BCUT2D eigenvalue weighted by atomic mass is 10.1. The number of nitrogens with two attached hydrogens (primary N) is 1. The van der Waals surface area contributed by atoms with Crippen LogP contribution in [0.5, 0.6) is 5.75 Å². The summed E-state index contributed by atoms with van der Waals surface area (Å²) in [7, 11) is 0. The first-order valence-electron chi connectivity index (χ1n) is 10.2. The SMILES string of the molecule is NC(=O)Nc1ccc(-c2cn3c(n2)sc2cc(OCCN4CCOCC4)ccc23)cc1. The standard InChI is InChI=1S/C22H23N5O3S/c23-21(28)24-16-3-1-15(2-4-16)18-14-27-19-6-5-17(13-20(19)31-22(27)25-18)30-12-9-26-7-10-29-11-8-26/h1-6,13-14H,7-12H2,(H3,23,24,28). The quantitative estimate of drug-likeness (QED) is 0.482. The molecule has 9 heteroatoms. The van der Waals surface area contributed by atoms with Crippen LogP contribution < -0.4 is 15.8 Å². The molecule has 4 aromatic rings. The first kappa shape index (κ1) is 19.8. The second-order valence-electron chi connectivity index (χ2n) is 7.38. The maximum atomic E-state index is 11.0. The van der Waals surface area contributed by atoms with Gasteiger partial charge in [-0.2, -0.15) is 0 Å². The first-order chi connectivity index (χ1) is 15.2. The number of fused-ring (bicyclic) bond motifs is 3. The molecule has 0 bridgehead atoms. The minimum absolute atomic E-state index is 0.578. The summed E-state index contributed by atoms with van der Waals surface area (Å²) in [6, 6.07) is 13.1. The van der Waals surface area contributed by atoms with Crippen LogP contribution in [0, 0.1) is 0 Å². The predicted octanol–water partition coefficient (Wildman–Crippen LogP) is 3.42. The van der Waals surface area contributed by atoms with Crippen LogP contribution in [0.25, 0.3) is 26.4 Å². The van der Waals surface area contributed by atoms with Gasteiger partial charge in [-0.15, -0.1) is 0 Å². The summed E-state index contributed by atoms with van der Waals surface area (Å²) in [4.78, 5) is 19.0. The highest BCUT2D eigenvalue weighted by molar-refractivity contribution is 7.23. The number of urea groups is 1. The van der Waals surface area contributed by atoms with Crippen LogP contribution in [0.1, 0.15) is 0 Å². The smallest absolute Gasteiger partial charge is 0.316 e. The van der Waals surface area contributed by atoms with Gasteiger partial charge in [0.1, 0.15) is 12.4 Å². The van der Waals surface area contributed by atoms with Crippen molar-refractivity contribution in [3.63, 3.8) is 0 Å². The third-order valence-corrected chi connectivity index (χ3v) is 6.31. The molecule has 2 amide bonds. The molecule has 1 aliphatic rings. The van der Waals surface area contributed by atoms with Crippen molar-refractivity contribution < 1.29 is 14.3 Å². The number of nitrogens with one attached hydrogen (secondary N) is 1. The number of benzene rings is 2. The van der Waals surface area contributed by atoms with Gasteiger partial charge in [0.2, 0.25) is 0 Å². The molecule has 8 nitrogen and oxygen atoms in total. The number of rotatable bonds is 6. The van der Waals surface area contributed by atoms with Gasteiger partial charge in [-0.05, 0) is 30.3 Å². The number of thiazole rings is 1. The van der Waals surface area contributed by atoms with Gasteiger partial charge in [0.15, 0.2) is 4.96 Å². The maximum absolute atomic E-state index is 11.0. The van der Waals surface area contributed by atoms with E-state index in [9.17, 15) is 4.79 Å². The van der Waals surface area contributed by atoms with Crippen molar-refractivity contribution in [3.8, 4) is 17.0 Å². The summed E-state index contributed by atoms with van der Waals surface area (Å²) in [5, 5.41) is 2.56. The summed E-state index contributed by atoms with van der Waals surface area (Å²) in [6.07, 6.45) is 2.03. The number of imidazole rings is 1. The average Bonchev–Trinajstić information content (AvgIpc) is 3.32. The minimum Gasteiger partial charge on any atom is -0.492 e. The van der Waals surface area contributed by atoms with Crippen molar-refractivity contribution in [3.05, 3.63) is 48.7 Å². The molecule has 1 saturated heterocycles. The number of anilines is 1. The fraction of sp³-hybridized carbons (Fsp3) is 0.273. The number of carbonyl (C=O) groups is 1. The van der Waals surface area contributed by atoms with Gasteiger partial charge in [0.05, 0.1) is 29.1 Å². The molecule has 0 atom stereocenters. The highest BCUT2D eigenvalue weighted by atomic mass is 32.1. The van der Waals surface area contributed by atoms with E-state index in [1.165, 1.54) is 0 Å². The monoisotopic (exact) mass is 437 g/mol. The van der Waals surface area contributed by atoms with Gasteiger partial charge in [0, 0.05) is 37.1 Å². The van der Waals surface area contributed by atoms with E-state index in [0.29, 0.717) is 12.3 Å². The molecule has 0 aliphatic carbocycles. The fourth-order valence-corrected chi connectivity index (χ4v) is 4.73. The van der Waals surface area contributed by atoms with E-state index in [2.05, 4.69) is 26.8 Å². The lowest BCUT2D eigenvalue weighted by molar-refractivity contribution is 0.0322. The van der Waals surface area contributed by atoms with E-state index in [-0.39, 0.29) is 0 Å². The molecule has 0 spiro atoms. The molecule has 5 rings (SSSR count). The van der Waals surface area contributed by atoms with Gasteiger partial charge < -0.3 is 20.5 Å². The van der Waals surface area contributed by atoms with E-state index < -0.39 is 6.03 Å². The van der Waals surface area contributed by atoms with E-state index in [4.69, 9.17) is 20.2 Å². The Labute approximate surface area is 183 Å². The second-order valence-corrected chi connectivity index (χ2v) is 8.39. The predicted molar refractivity (Wildman–Crippen MR) is 122 cm³/mol. The summed E-state index contributed by atoms with van der Waals surface area (Å²) in [5.41, 5.74) is 8.77. The van der Waals surface area contributed by atoms with Crippen LogP contribution in [0.15, 0.2) is 48.7 Å². The average molecular weight is 438 g/mol. The van der Waals surface area contributed by atoms with Gasteiger partial charge in [-0.3, -0.25) is 9.30 Å². The third-order valence-electron chi connectivity index (χ3n) is 5.29. The lowest BCUT2D eigenvalue weighted by Gasteiger charge is -2.26. The van der Waals surface area contributed by atoms with Crippen LogP contribution in [0.4, 0.5) is 10.5 Å². The Hall–Kier alpha value is -3.14. The van der Waals surface area contributed by atoms with Gasteiger partial charge in [-0.25, -0.2) is 9.78 Å². The fourth-order valence-electron chi connectivity index (χ4n) is 3.69. The van der Waals surface area contributed by atoms with Crippen LogP contribution >= 0.6 is 11.3 Å². The molecular weight excluding hydrogens is 414 g/mol. The topological polar surface area (TPSA) is 94.1 Å². The lowest BCUT2D eigenvalue weighted by Crippen LogP contribution is -2.38. The number of amides is 2. The summed E-state index contributed by atoms with van der Waals surface area (Å²) in [6.45, 7) is 5.12. The van der Waals surface area contributed by atoms with E-state index >= 15 is 0 Å². The second kappa shape index (κ2) is 8.54. The normalized spacial score (nSPS) is 14.8. The van der Waals surface area contributed by atoms with Crippen molar-refractivity contribution in [2.45, 2.75) is 0 Å². The Morgan fingerprint density at radius 3 is 2.77 bits per heavy atom. The number of carbonyl (C=O) groups excluding carboxylic acids is 1. The Morgan fingerprint density at radius 2 is 2.00 bits per heavy atom. The number of primary amides is 1. The summed E-state index contributed by atoms with van der Waals surface area (Å²) in [5.74, 6) is 0.878. The number of hydrogen-bond acceptors (Lipinski definition) is 6. The molecular formula is C22H23N5O3S. The van der Waals surface area contributed by atoms with Crippen LogP contribution in [0.2, 0.25) is 0 Å². The molecule has 1 fully saturated rings. The number of hydrogen-bond donors (Lipinski definition) is 2. The number of ether oxygens (including phenoxy) is 2. The molecule has 3 N–H and O–H groups in total. The zero-order chi connectivity index (χ0) is 21.2. The molecule has 0 saturated carbocycles. The maximum Gasteiger partial charge on any atom is 0.316 e. The number of morpholine rings is 1. The van der Waals surface area contributed by atoms with Crippen molar-refractivity contribution in [2.75, 3.05) is 44.8 Å². The van der Waals surface area contributed by atoms with Crippen molar-refractivity contribution in [2.24, 2.45) is 5.73 Å². The molecule has 3 heterocycles. The molecule has 1 aliphatic heterocycles. The van der Waals surface area contributed by atoms with Gasteiger partial charge in [-0.1, -0.05) is 23.5 Å². The van der Waals surface area contributed by atoms with Crippen molar-refractivity contribution in [1.82, 2.24) is 14.3 Å². The van der Waals surface area contributed by atoms with Gasteiger partial charge >= 0.3 is 6.03 Å². The molecule has 31 heavy (non-hydrogen) atoms. The highest BCUT2D eigenvalue weighted by Crippen LogP contribution is 2.32. The Balaban J connectivity index is 1.30. The van der Waals surface area contributed by atoms with E-state index in [1.54, 1.807) is 11.3 Å².